The van der Waals surface area contributed by atoms with Crippen LogP contribution in [-0.2, 0) is 4.79 Å². The molecule has 0 saturated carbocycles. The lowest BCUT2D eigenvalue weighted by molar-refractivity contribution is -0.130. The Morgan fingerprint density at radius 1 is 0.966 bits per heavy atom. The Hall–Kier alpha value is -2.60. The second-order valence-electron chi connectivity index (χ2n) is 7.88. The summed E-state index contributed by atoms with van der Waals surface area (Å²) in [4.78, 5) is 14.8. The molecule has 0 N–H and O–H groups in total. The first-order valence-corrected chi connectivity index (χ1v) is 11.1. The van der Waals surface area contributed by atoms with Crippen molar-refractivity contribution in [3.05, 3.63) is 60.7 Å². The molecule has 0 spiro atoms. The molecule has 1 aromatic heterocycles. The lowest BCUT2D eigenvalue weighted by Gasteiger charge is -2.34. The van der Waals surface area contributed by atoms with Crippen molar-refractivity contribution < 1.29 is 4.79 Å². The van der Waals surface area contributed by atoms with Gasteiger partial charge < -0.3 is 4.90 Å². The third kappa shape index (κ3) is 4.53. The lowest BCUT2D eigenvalue weighted by Crippen LogP contribution is -2.43. The van der Waals surface area contributed by atoms with E-state index in [0.717, 1.165) is 35.3 Å². The monoisotopic (exact) mass is 406 g/mol. The molecule has 2 heterocycles. The van der Waals surface area contributed by atoms with E-state index in [-0.39, 0.29) is 5.91 Å². The van der Waals surface area contributed by atoms with Gasteiger partial charge in [0.2, 0.25) is 5.91 Å². The summed E-state index contributed by atoms with van der Waals surface area (Å²) in [5, 5.41) is 9.60. The first-order chi connectivity index (χ1) is 14.1. The molecule has 6 heteroatoms. The van der Waals surface area contributed by atoms with Crippen molar-refractivity contribution in [1.29, 1.82) is 0 Å². The number of carbonyl (C=O) groups excluding carboxylic acids is 1. The number of hydrogen-bond donors (Lipinski definition) is 0. The second-order valence-corrected chi connectivity index (χ2v) is 8.82. The zero-order valence-electron chi connectivity index (χ0n) is 16.9. The fourth-order valence-corrected chi connectivity index (χ4v) is 4.89. The molecule has 0 radical (unpaired) electrons. The second kappa shape index (κ2) is 8.82. The number of benzene rings is 2. The van der Waals surface area contributed by atoms with E-state index >= 15 is 0 Å². The summed E-state index contributed by atoms with van der Waals surface area (Å²) in [6.45, 7) is 6.15. The fourth-order valence-electron chi connectivity index (χ4n) is 4.03. The normalized spacial score (nSPS) is 19.3. The van der Waals surface area contributed by atoms with E-state index in [2.05, 4.69) is 24.0 Å². The predicted octanol–water partition coefficient (Wildman–Crippen LogP) is 4.53. The SMILES string of the molecule is C[C@H]1C[C@H](C)CN(C(=O)CSc2nnc(-c3ccccc3)n2-c2ccccc2)C1. The lowest BCUT2D eigenvalue weighted by atomic mass is 9.92. The number of nitrogens with zero attached hydrogens (tertiary/aromatic N) is 4. The van der Waals surface area contributed by atoms with Gasteiger partial charge in [0.05, 0.1) is 5.75 Å². The molecule has 1 fully saturated rings. The molecule has 1 amide bonds. The summed E-state index contributed by atoms with van der Waals surface area (Å²) in [5.74, 6) is 2.46. The average molecular weight is 407 g/mol. The molecular weight excluding hydrogens is 380 g/mol. The quantitative estimate of drug-likeness (QED) is 0.584. The number of likely N-dealkylation sites (tertiary alicyclic amines) is 1. The Balaban J connectivity index is 1.58. The summed E-state index contributed by atoms with van der Waals surface area (Å²) in [6, 6.07) is 20.1. The van der Waals surface area contributed by atoms with Crippen LogP contribution in [0.3, 0.4) is 0 Å². The Morgan fingerprint density at radius 3 is 2.24 bits per heavy atom. The van der Waals surface area contributed by atoms with Gasteiger partial charge in [-0.1, -0.05) is 74.1 Å². The molecule has 150 valence electrons. The van der Waals surface area contributed by atoms with E-state index in [1.165, 1.54) is 18.2 Å². The average Bonchev–Trinajstić information content (AvgIpc) is 3.16. The minimum absolute atomic E-state index is 0.178. The highest BCUT2D eigenvalue weighted by Crippen LogP contribution is 2.28. The molecular formula is C23H26N4OS. The number of hydrogen-bond acceptors (Lipinski definition) is 4. The zero-order valence-corrected chi connectivity index (χ0v) is 17.7. The number of carbonyl (C=O) groups is 1. The highest BCUT2D eigenvalue weighted by molar-refractivity contribution is 7.99. The maximum Gasteiger partial charge on any atom is 0.233 e. The predicted molar refractivity (Wildman–Crippen MR) is 117 cm³/mol. The van der Waals surface area contributed by atoms with Crippen molar-refractivity contribution in [2.75, 3.05) is 18.8 Å². The maximum atomic E-state index is 12.8. The number of amides is 1. The molecule has 2 aromatic carbocycles. The van der Waals surface area contributed by atoms with Gasteiger partial charge in [0.25, 0.3) is 0 Å². The van der Waals surface area contributed by atoms with E-state index in [1.54, 1.807) is 0 Å². The van der Waals surface area contributed by atoms with Crippen LogP contribution in [0.5, 0.6) is 0 Å². The standard InChI is InChI=1S/C23H26N4OS/c1-17-13-18(2)15-26(14-17)21(28)16-29-23-25-24-22(19-9-5-3-6-10-19)27(23)20-11-7-4-8-12-20/h3-12,17-18H,13-16H2,1-2H3/t17-,18-/m0/s1. The Morgan fingerprint density at radius 2 is 1.59 bits per heavy atom. The third-order valence-corrected chi connectivity index (χ3v) is 6.14. The molecule has 3 aromatic rings. The number of aromatic nitrogens is 3. The number of rotatable bonds is 5. The van der Waals surface area contributed by atoms with E-state index in [0.29, 0.717) is 17.6 Å². The van der Waals surface area contributed by atoms with Gasteiger partial charge in [-0.15, -0.1) is 10.2 Å². The van der Waals surface area contributed by atoms with Crippen LogP contribution in [-0.4, -0.2) is 44.4 Å². The summed E-state index contributed by atoms with van der Waals surface area (Å²) >= 11 is 1.46. The number of piperidine rings is 1. The van der Waals surface area contributed by atoms with Crippen LogP contribution in [0.1, 0.15) is 20.3 Å². The van der Waals surface area contributed by atoms with Gasteiger partial charge in [-0.2, -0.15) is 0 Å². The topological polar surface area (TPSA) is 51.0 Å². The van der Waals surface area contributed by atoms with Gasteiger partial charge in [-0.3, -0.25) is 9.36 Å². The summed E-state index contributed by atoms with van der Waals surface area (Å²) in [7, 11) is 0. The molecule has 1 saturated heterocycles. The summed E-state index contributed by atoms with van der Waals surface area (Å²) < 4.78 is 2.04. The van der Waals surface area contributed by atoms with E-state index in [4.69, 9.17) is 0 Å². The molecule has 5 nitrogen and oxygen atoms in total. The van der Waals surface area contributed by atoms with Crippen molar-refractivity contribution in [3.63, 3.8) is 0 Å². The van der Waals surface area contributed by atoms with Crippen molar-refractivity contribution >= 4 is 17.7 Å². The van der Waals surface area contributed by atoms with Gasteiger partial charge in [0.15, 0.2) is 11.0 Å². The van der Waals surface area contributed by atoms with Gasteiger partial charge in [-0.25, -0.2) is 0 Å². The van der Waals surface area contributed by atoms with Crippen LogP contribution in [0, 0.1) is 11.8 Å². The minimum Gasteiger partial charge on any atom is -0.341 e. The van der Waals surface area contributed by atoms with Crippen LogP contribution < -0.4 is 0 Å². The summed E-state index contributed by atoms with van der Waals surface area (Å²) in [6.07, 6.45) is 1.19. The highest BCUT2D eigenvalue weighted by atomic mass is 32.2. The molecule has 0 aliphatic carbocycles. The van der Waals surface area contributed by atoms with Crippen molar-refractivity contribution in [1.82, 2.24) is 19.7 Å². The van der Waals surface area contributed by atoms with Gasteiger partial charge >= 0.3 is 0 Å². The van der Waals surface area contributed by atoms with Crippen molar-refractivity contribution in [2.24, 2.45) is 11.8 Å². The van der Waals surface area contributed by atoms with E-state index in [1.807, 2.05) is 70.1 Å². The molecule has 0 bridgehead atoms. The highest BCUT2D eigenvalue weighted by Gasteiger charge is 2.26. The molecule has 1 aliphatic rings. The largest absolute Gasteiger partial charge is 0.341 e. The minimum atomic E-state index is 0.178. The maximum absolute atomic E-state index is 12.8. The van der Waals surface area contributed by atoms with Crippen molar-refractivity contribution in [3.8, 4) is 17.1 Å². The molecule has 2 atom stereocenters. The van der Waals surface area contributed by atoms with Crippen LogP contribution in [0.15, 0.2) is 65.8 Å². The van der Waals surface area contributed by atoms with Gasteiger partial charge in [0.1, 0.15) is 0 Å². The fraction of sp³-hybridized carbons (Fsp3) is 0.348. The zero-order chi connectivity index (χ0) is 20.2. The van der Waals surface area contributed by atoms with Crippen molar-refractivity contribution in [2.45, 2.75) is 25.4 Å². The van der Waals surface area contributed by atoms with Gasteiger partial charge in [0, 0.05) is 24.3 Å². The van der Waals surface area contributed by atoms with E-state index < -0.39 is 0 Å². The summed E-state index contributed by atoms with van der Waals surface area (Å²) in [5.41, 5.74) is 1.99. The Bertz CT molecular complexity index is 948. The molecule has 1 aliphatic heterocycles. The molecule has 29 heavy (non-hydrogen) atoms. The molecule has 0 unspecified atom stereocenters. The van der Waals surface area contributed by atoms with Crippen LogP contribution >= 0.6 is 11.8 Å². The van der Waals surface area contributed by atoms with Crippen LogP contribution in [0.2, 0.25) is 0 Å². The Kier molecular flexibility index (Phi) is 6.00. The van der Waals surface area contributed by atoms with Crippen LogP contribution in [0.4, 0.5) is 0 Å². The van der Waals surface area contributed by atoms with Crippen LogP contribution in [0.25, 0.3) is 17.1 Å². The first kappa shape index (κ1) is 19.7. The first-order valence-electron chi connectivity index (χ1n) is 10.1. The number of para-hydroxylation sites is 1. The van der Waals surface area contributed by atoms with Gasteiger partial charge in [-0.05, 0) is 30.4 Å². The van der Waals surface area contributed by atoms with E-state index in [9.17, 15) is 4.79 Å². The number of thioether (sulfide) groups is 1. The molecule has 4 rings (SSSR count). The third-order valence-electron chi connectivity index (χ3n) is 5.23. The Labute approximate surface area is 176 Å². The smallest absolute Gasteiger partial charge is 0.233 e.